The van der Waals surface area contributed by atoms with Gasteiger partial charge in [0.1, 0.15) is 0 Å². The first-order chi connectivity index (χ1) is 7.00. The van der Waals surface area contributed by atoms with E-state index in [0.717, 1.165) is 0 Å². The van der Waals surface area contributed by atoms with Crippen LogP contribution in [0.3, 0.4) is 0 Å². The van der Waals surface area contributed by atoms with Crippen LogP contribution in [0.15, 0.2) is 0 Å². The number of halogens is 6. The van der Waals surface area contributed by atoms with Gasteiger partial charge in [0, 0.05) is 0 Å². The van der Waals surface area contributed by atoms with Crippen LogP contribution < -0.4 is 10.3 Å². The molecule has 106 valence electrons. The van der Waals surface area contributed by atoms with Gasteiger partial charge in [0.25, 0.3) is 20.0 Å². The second-order valence-electron chi connectivity index (χ2n) is 2.70. The van der Waals surface area contributed by atoms with Gasteiger partial charge in [-0.15, -0.1) is 0 Å². The summed E-state index contributed by atoms with van der Waals surface area (Å²) in [5.41, 5.74) is 0. The molecule has 1 atom stereocenters. The van der Waals surface area contributed by atoms with Gasteiger partial charge in [-0.2, -0.15) is 22.0 Å². The number of hydrogen-bond acceptors (Lipinski definition) is 4. The van der Waals surface area contributed by atoms with Crippen molar-refractivity contribution < 1.29 is 43.2 Å². The van der Waals surface area contributed by atoms with E-state index in [9.17, 15) is 43.2 Å². The monoisotopic (exact) mass is 318 g/mol. The molecule has 0 aromatic carbocycles. The molecule has 0 aliphatic heterocycles. The van der Waals surface area contributed by atoms with Crippen LogP contribution in [-0.4, -0.2) is 52.1 Å². The van der Waals surface area contributed by atoms with Gasteiger partial charge in [-0.05, 0) is 0 Å². The first-order valence-corrected chi connectivity index (χ1v) is 6.27. The van der Waals surface area contributed by atoms with Gasteiger partial charge in [-0.25, -0.2) is 31.5 Å². The molecule has 0 aliphatic carbocycles. The van der Waals surface area contributed by atoms with Crippen molar-refractivity contribution >= 4 is 38.9 Å². The molecule has 15 heteroatoms. The third-order valence-electron chi connectivity index (χ3n) is 1.49. The van der Waals surface area contributed by atoms with Crippen molar-refractivity contribution in [1.82, 2.24) is 0 Å². The van der Waals surface area contributed by atoms with Crippen LogP contribution in [0.1, 0.15) is 0 Å². The molecule has 4 N–H and O–H groups in total. The standard InChI is InChI=1S/C3H4F6N2O4S2.Li.H/c4-1(2(5,6)7,16(10,12)13)3(8,9)17(11,14)15;;/h(H2,10,12,13)(H2,11,14,15);;. The van der Waals surface area contributed by atoms with E-state index in [-0.39, 0.29) is 18.9 Å². The van der Waals surface area contributed by atoms with E-state index in [4.69, 9.17) is 0 Å². The Hall–Kier alpha value is -0.00260. The number of alkyl halides is 6. The fraction of sp³-hybridized carbons (Fsp3) is 1.00. The Morgan fingerprint density at radius 2 is 1.00 bits per heavy atom. The summed E-state index contributed by atoms with van der Waals surface area (Å²) in [4.78, 5) is 0. The van der Waals surface area contributed by atoms with E-state index >= 15 is 0 Å². The summed E-state index contributed by atoms with van der Waals surface area (Å²) < 4.78 is 115. The molecule has 0 rings (SSSR count). The first-order valence-electron chi connectivity index (χ1n) is 3.18. The molecule has 0 fully saturated rings. The van der Waals surface area contributed by atoms with Crippen molar-refractivity contribution in [1.29, 1.82) is 0 Å². The maximum atomic E-state index is 13.0. The molecule has 18 heavy (non-hydrogen) atoms. The number of nitrogens with two attached hydrogens (primary N) is 2. The summed E-state index contributed by atoms with van der Waals surface area (Å²) in [5, 5.41) is -5.72. The number of sulfonamides is 2. The number of primary sulfonamides is 2. The molecule has 0 radical (unpaired) electrons. The molecule has 6 nitrogen and oxygen atoms in total. The Bertz CT molecular complexity index is 513. The van der Waals surface area contributed by atoms with Gasteiger partial charge < -0.3 is 0 Å². The zero-order valence-corrected chi connectivity index (χ0v) is 9.00. The molecule has 0 saturated heterocycles. The zero-order valence-electron chi connectivity index (χ0n) is 7.37. The van der Waals surface area contributed by atoms with Crippen molar-refractivity contribution in [3.05, 3.63) is 0 Å². The predicted octanol–water partition coefficient (Wildman–Crippen LogP) is -1.26. The maximum absolute atomic E-state index is 13.0. The number of hydrogen-bond donors (Lipinski definition) is 2. The van der Waals surface area contributed by atoms with E-state index in [2.05, 4.69) is 10.3 Å². The Kier molecular flexibility index (Phi) is 5.46. The first kappa shape index (κ1) is 20.3. The Morgan fingerprint density at radius 1 is 0.722 bits per heavy atom. The van der Waals surface area contributed by atoms with Crippen molar-refractivity contribution in [3.63, 3.8) is 0 Å². The topological polar surface area (TPSA) is 120 Å². The molecule has 0 bridgehead atoms. The minimum atomic E-state index is -6.81. The van der Waals surface area contributed by atoms with Crippen molar-refractivity contribution in [3.8, 4) is 0 Å². The zero-order chi connectivity index (χ0) is 14.5. The molecule has 0 aromatic heterocycles. The van der Waals surface area contributed by atoms with Crippen LogP contribution in [0.2, 0.25) is 0 Å². The van der Waals surface area contributed by atoms with Gasteiger partial charge in [-0.3, -0.25) is 0 Å². The van der Waals surface area contributed by atoms with Crippen LogP contribution in [0, 0.1) is 0 Å². The van der Waals surface area contributed by atoms with Crippen LogP contribution in [-0.2, 0) is 20.0 Å². The molecular formula is C3H5F6LiN2O4S2. The van der Waals surface area contributed by atoms with E-state index < -0.39 is 36.5 Å². The third kappa shape index (κ3) is 2.78. The van der Waals surface area contributed by atoms with Gasteiger partial charge in [0.05, 0.1) is 0 Å². The summed E-state index contributed by atoms with van der Waals surface area (Å²) in [7, 11) is -13.2. The third-order valence-corrected chi connectivity index (χ3v) is 3.89. The molecule has 0 heterocycles. The average molecular weight is 318 g/mol. The second-order valence-corrected chi connectivity index (χ2v) is 5.96. The quantitative estimate of drug-likeness (QED) is 0.498. The van der Waals surface area contributed by atoms with E-state index in [1.165, 1.54) is 0 Å². The molecule has 0 aromatic rings. The molecule has 0 aliphatic rings. The molecule has 0 spiro atoms. The van der Waals surface area contributed by atoms with Crippen LogP contribution in [0.5, 0.6) is 0 Å². The second kappa shape index (κ2) is 4.83. The van der Waals surface area contributed by atoms with Crippen molar-refractivity contribution in [2.45, 2.75) is 16.4 Å². The van der Waals surface area contributed by atoms with E-state index in [1.54, 1.807) is 0 Å². The van der Waals surface area contributed by atoms with Crippen molar-refractivity contribution in [2.75, 3.05) is 0 Å². The fourth-order valence-corrected chi connectivity index (χ4v) is 2.51. The molecule has 0 saturated carbocycles. The summed E-state index contributed by atoms with van der Waals surface area (Å²) in [6.07, 6.45) is -6.81. The van der Waals surface area contributed by atoms with E-state index in [0.29, 0.717) is 0 Å². The minimum absolute atomic E-state index is 0. The Labute approximate surface area is 109 Å². The SMILES string of the molecule is NS(=O)(=O)C(F)(F)C(F)(C(F)(F)F)S(N)(=O)=O.[LiH]. The predicted molar refractivity (Wildman–Crippen MR) is 48.2 cm³/mol. The van der Waals surface area contributed by atoms with Gasteiger partial charge in [-0.1, -0.05) is 0 Å². The van der Waals surface area contributed by atoms with Crippen LogP contribution in [0.4, 0.5) is 26.3 Å². The summed E-state index contributed by atoms with van der Waals surface area (Å²) in [5.74, 6) is 0. The molecular weight excluding hydrogens is 313 g/mol. The fourth-order valence-electron chi connectivity index (χ4n) is 0.675. The summed E-state index contributed by atoms with van der Waals surface area (Å²) >= 11 is 0. The summed E-state index contributed by atoms with van der Waals surface area (Å²) in [6, 6.07) is 0. The molecule has 1 unspecified atom stereocenters. The normalized spacial score (nSPS) is 17.8. The van der Waals surface area contributed by atoms with Gasteiger partial charge >= 0.3 is 35.3 Å². The average Bonchev–Trinajstić information content (AvgIpc) is 1.95. The van der Waals surface area contributed by atoms with Crippen LogP contribution in [0.25, 0.3) is 0 Å². The Balaban J connectivity index is 0. The summed E-state index contributed by atoms with van der Waals surface area (Å²) in [6.45, 7) is 0. The molecule has 0 amide bonds. The number of rotatable bonds is 3. The van der Waals surface area contributed by atoms with Crippen LogP contribution >= 0.6 is 0 Å². The van der Waals surface area contributed by atoms with Crippen molar-refractivity contribution in [2.24, 2.45) is 10.3 Å². The van der Waals surface area contributed by atoms with Gasteiger partial charge in [0.15, 0.2) is 0 Å². The Morgan fingerprint density at radius 3 is 1.06 bits per heavy atom. The van der Waals surface area contributed by atoms with E-state index in [1.807, 2.05) is 0 Å². The van der Waals surface area contributed by atoms with Gasteiger partial charge in [0.2, 0.25) is 0 Å².